The van der Waals surface area contributed by atoms with E-state index in [1.54, 1.807) is 6.08 Å². The van der Waals surface area contributed by atoms with Crippen LogP contribution in [0.3, 0.4) is 0 Å². The molecule has 0 saturated heterocycles. The van der Waals surface area contributed by atoms with Crippen molar-refractivity contribution in [3.05, 3.63) is 42.0 Å². The number of benzene rings is 1. The zero-order chi connectivity index (χ0) is 12.0. The molecule has 0 bridgehead atoms. The first-order valence-corrected chi connectivity index (χ1v) is 5.31. The van der Waals surface area contributed by atoms with Gasteiger partial charge >= 0.3 is 0 Å². The molecule has 16 heavy (non-hydrogen) atoms. The molecular formula is C13H18N2O. The maximum absolute atomic E-state index is 11.3. The van der Waals surface area contributed by atoms with E-state index in [0.29, 0.717) is 6.54 Å². The smallest absolute Gasteiger partial charge is 0.239 e. The van der Waals surface area contributed by atoms with Gasteiger partial charge in [-0.05, 0) is 37.1 Å². The number of carbonyl (C=O) groups excluding carboxylic acids is 1. The highest BCUT2D eigenvalue weighted by Crippen LogP contribution is 2.13. The Bertz CT molecular complexity index is 365. The summed E-state index contributed by atoms with van der Waals surface area (Å²) in [5.41, 5.74) is 3.36. The summed E-state index contributed by atoms with van der Waals surface area (Å²) in [5, 5.41) is 5.80. The molecule has 0 aliphatic rings. The quantitative estimate of drug-likeness (QED) is 0.742. The van der Waals surface area contributed by atoms with E-state index in [0.717, 1.165) is 5.69 Å². The lowest BCUT2D eigenvalue weighted by Crippen LogP contribution is -2.29. The van der Waals surface area contributed by atoms with Crippen molar-refractivity contribution in [2.24, 2.45) is 0 Å². The molecule has 0 aliphatic heterocycles. The molecule has 0 spiro atoms. The molecule has 0 unspecified atom stereocenters. The maximum atomic E-state index is 11.3. The minimum atomic E-state index is -0.0286. The van der Waals surface area contributed by atoms with Crippen LogP contribution in [0.5, 0.6) is 0 Å². The van der Waals surface area contributed by atoms with E-state index in [9.17, 15) is 4.79 Å². The molecule has 0 atom stereocenters. The summed E-state index contributed by atoms with van der Waals surface area (Å²) in [5.74, 6) is -0.0286. The Morgan fingerprint density at radius 1 is 1.31 bits per heavy atom. The van der Waals surface area contributed by atoms with Crippen LogP contribution in [-0.4, -0.2) is 19.0 Å². The van der Waals surface area contributed by atoms with Gasteiger partial charge in [0, 0.05) is 12.2 Å². The summed E-state index contributed by atoms with van der Waals surface area (Å²) in [7, 11) is 0. The van der Waals surface area contributed by atoms with Gasteiger partial charge in [0.25, 0.3) is 0 Å². The molecule has 86 valence electrons. The second kappa shape index (κ2) is 5.95. The highest BCUT2D eigenvalue weighted by molar-refractivity contribution is 5.80. The third-order valence-corrected chi connectivity index (χ3v) is 2.12. The number of amides is 1. The van der Waals surface area contributed by atoms with Crippen LogP contribution in [0.2, 0.25) is 0 Å². The highest BCUT2D eigenvalue weighted by Gasteiger charge is 2.00. The Labute approximate surface area is 96.6 Å². The molecule has 0 saturated carbocycles. The van der Waals surface area contributed by atoms with Crippen molar-refractivity contribution in [3.63, 3.8) is 0 Å². The number of nitrogens with one attached hydrogen (secondary N) is 2. The Kier molecular flexibility index (Phi) is 4.58. The van der Waals surface area contributed by atoms with E-state index < -0.39 is 0 Å². The van der Waals surface area contributed by atoms with Crippen LogP contribution < -0.4 is 10.6 Å². The van der Waals surface area contributed by atoms with E-state index >= 15 is 0 Å². The van der Waals surface area contributed by atoms with E-state index in [4.69, 9.17) is 0 Å². The van der Waals surface area contributed by atoms with Crippen LogP contribution in [0.15, 0.2) is 30.9 Å². The number of carbonyl (C=O) groups is 1. The molecule has 0 radical (unpaired) electrons. The number of rotatable bonds is 5. The molecular weight excluding hydrogens is 200 g/mol. The van der Waals surface area contributed by atoms with Crippen molar-refractivity contribution < 1.29 is 4.79 Å². The second-order valence-electron chi connectivity index (χ2n) is 3.82. The predicted octanol–water partition coefficient (Wildman–Crippen LogP) is 2.02. The highest BCUT2D eigenvalue weighted by atomic mass is 16.1. The number of hydrogen-bond acceptors (Lipinski definition) is 2. The summed E-state index contributed by atoms with van der Waals surface area (Å²) < 4.78 is 0. The summed E-state index contributed by atoms with van der Waals surface area (Å²) in [6, 6.07) is 6.14. The SMILES string of the molecule is C=CCNC(=O)CNc1cc(C)cc(C)c1. The van der Waals surface area contributed by atoms with E-state index in [1.165, 1.54) is 11.1 Å². The van der Waals surface area contributed by atoms with Crippen molar-refractivity contribution in [2.45, 2.75) is 13.8 Å². The Balaban J connectivity index is 2.47. The largest absolute Gasteiger partial charge is 0.376 e. The summed E-state index contributed by atoms with van der Waals surface area (Å²) in [6.45, 7) is 8.41. The predicted molar refractivity (Wildman–Crippen MR) is 67.6 cm³/mol. The topological polar surface area (TPSA) is 41.1 Å². The molecule has 0 aliphatic carbocycles. The van der Waals surface area contributed by atoms with Gasteiger partial charge in [-0.3, -0.25) is 4.79 Å². The fourth-order valence-corrected chi connectivity index (χ4v) is 1.51. The zero-order valence-corrected chi connectivity index (χ0v) is 9.84. The Morgan fingerprint density at radius 2 is 1.94 bits per heavy atom. The van der Waals surface area contributed by atoms with Crippen molar-refractivity contribution >= 4 is 11.6 Å². The van der Waals surface area contributed by atoms with Gasteiger partial charge < -0.3 is 10.6 Å². The van der Waals surface area contributed by atoms with E-state index in [2.05, 4.69) is 23.3 Å². The average molecular weight is 218 g/mol. The molecule has 1 rings (SSSR count). The van der Waals surface area contributed by atoms with Crippen molar-refractivity contribution in [3.8, 4) is 0 Å². The minimum Gasteiger partial charge on any atom is -0.376 e. The standard InChI is InChI=1S/C13H18N2O/c1-4-5-14-13(16)9-15-12-7-10(2)6-11(3)8-12/h4,6-8,15H,1,5,9H2,2-3H3,(H,14,16). The average Bonchev–Trinajstić information content (AvgIpc) is 2.22. The van der Waals surface area contributed by atoms with Crippen LogP contribution in [-0.2, 0) is 4.79 Å². The molecule has 3 heteroatoms. The fourth-order valence-electron chi connectivity index (χ4n) is 1.51. The molecule has 1 aromatic rings. The maximum Gasteiger partial charge on any atom is 0.239 e. The first-order chi connectivity index (χ1) is 7.61. The lowest BCUT2D eigenvalue weighted by molar-refractivity contribution is -0.119. The molecule has 0 aromatic heterocycles. The van der Waals surface area contributed by atoms with Crippen LogP contribution in [0.25, 0.3) is 0 Å². The van der Waals surface area contributed by atoms with Gasteiger partial charge in [-0.25, -0.2) is 0 Å². The number of aryl methyl sites for hydroxylation is 2. The zero-order valence-electron chi connectivity index (χ0n) is 9.84. The Hall–Kier alpha value is -1.77. The van der Waals surface area contributed by atoms with Crippen molar-refractivity contribution in [1.82, 2.24) is 5.32 Å². The van der Waals surface area contributed by atoms with Crippen molar-refractivity contribution in [2.75, 3.05) is 18.4 Å². The minimum absolute atomic E-state index is 0.0286. The van der Waals surface area contributed by atoms with Gasteiger partial charge in [0.1, 0.15) is 0 Å². The number of anilines is 1. The fraction of sp³-hybridized carbons (Fsp3) is 0.308. The van der Waals surface area contributed by atoms with Gasteiger partial charge in [-0.1, -0.05) is 12.1 Å². The van der Waals surface area contributed by atoms with E-state index in [1.807, 2.05) is 26.0 Å². The lowest BCUT2D eigenvalue weighted by atomic mass is 10.1. The summed E-state index contributed by atoms with van der Waals surface area (Å²) >= 11 is 0. The summed E-state index contributed by atoms with van der Waals surface area (Å²) in [4.78, 5) is 11.3. The second-order valence-corrected chi connectivity index (χ2v) is 3.82. The van der Waals surface area contributed by atoms with Crippen LogP contribution in [0.1, 0.15) is 11.1 Å². The van der Waals surface area contributed by atoms with Gasteiger partial charge in [-0.2, -0.15) is 0 Å². The molecule has 2 N–H and O–H groups in total. The lowest BCUT2D eigenvalue weighted by Gasteiger charge is -2.08. The van der Waals surface area contributed by atoms with Crippen LogP contribution >= 0.6 is 0 Å². The Morgan fingerprint density at radius 3 is 2.50 bits per heavy atom. The first kappa shape index (κ1) is 12.3. The van der Waals surface area contributed by atoms with E-state index in [-0.39, 0.29) is 12.5 Å². The molecule has 1 aromatic carbocycles. The first-order valence-electron chi connectivity index (χ1n) is 5.31. The van der Waals surface area contributed by atoms with Gasteiger partial charge in [-0.15, -0.1) is 6.58 Å². The molecule has 0 heterocycles. The normalized spacial score (nSPS) is 9.62. The van der Waals surface area contributed by atoms with Gasteiger partial charge in [0.2, 0.25) is 5.91 Å². The molecule has 0 fully saturated rings. The van der Waals surface area contributed by atoms with Gasteiger partial charge in [0.05, 0.1) is 6.54 Å². The van der Waals surface area contributed by atoms with Crippen LogP contribution in [0, 0.1) is 13.8 Å². The number of hydrogen-bond donors (Lipinski definition) is 2. The molecule has 3 nitrogen and oxygen atoms in total. The monoisotopic (exact) mass is 218 g/mol. The van der Waals surface area contributed by atoms with Crippen LogP contribution in [0.4, 0.5) is 5.69 Å². The van der Waals surface area contributed by atoms with Crippen molar-refractivity contribution in [1.29, 1.82) is 0 Å². The third-order valence-electron chi connectivity index (χ3n) is 2.12. The third kappa shape index (κ3) is 4.17. The molecule has 1 amide bonds. The summed E-state index contributed by atoms with van der Waals surface area (Å²) in [6.07, 6.45) is 1.66. The van der Waals surface area contributed by atoms with Gasteiger partial charge in [0.15, 0.2) is 0 Å².